The van der Waals surface area contributed by atoms with Gasteiger partial charge in [0.25, 0.3) is 0 Å². The van der Waals surface area contributed by atoms with E-state index in [-0.39, 0.29) is 5.60 Å². The molecule has 4 saturated carbocycles. The highest BCUT2D eigenvalue weighted by Crippen LogP contribution is 2.70. The Bertz CT molecular complexity index is 323. The molecule has 0 aromatic heterocycles. The Kier molecular flexibility index (Phi) is 1.77. The van der Waals surface area contributed by atoms with Gasteiger partial charge in [-0.1, -0.05) is 13.8 Å². The summed E-state index contributed by atoms with van der Waals surface area (Å²) in [6.45, 7) is 4.45. The summed E-state index contributed by atoms with van der Waals surface area (Å²) in [5.41, 5.74) is -0.295. The van der Waals surface area contributed by atoms with E-state index < -0.39 is 0 Å². The van der Waals surface area contributed by atoms with Gasteiger partial charge in [-0.25, -0.2) is 0 Å². The van der Waals surface area contributed by atoms with Crippen LogP contribution in [0.5, 0.6) is 0 Å². The molecule has 7 unspecified atom stereocenters. The van der Waals surface area contributed by atoms with Gasteiger partial charge in [0.15, 0.2) is 0 Å². The molecule has 4 rings (SSSR count). The Labute approximate surface area is 98.6 Å². The van der Waals surface area contributed by atoms with Crippen molar-refractivity contribution in [3.8, 4) is 0 Å². The summed E-state index contributed by atoms with van der Waals surface area (Å²) in [4.78, 5) is 0. The first-order chi connectivity index (χ1) is 7.61. The Morgan fingerprint density at radius 3 is 2.38 bits per heavy atom. The normalized spacial score (nSPS) is 62.2. The topological polar surface area (TPSA) is 20.2 Å². The lowest BCUT2D eigenvalue weighted by molar-refractivity contribution is -0.0951. The molecule has 0 amide bonds. The van der Waals surface area contributed by atoms with Crippen LogP contribution in [0.2, 0.25) is 0 Å². The third kappa shape index (κ3) is 0.939. The van der Waals surface area contributed by atoms with Crippen molar-refractivity contribution in [2.24, 2.45) is 41.4 Å². The largest absolute Gasteiger partial charge is 0.389 e. The van der Waals surface area contributed by atoms with E-state index in [1.807, 2.05) is 0 Å². The Balaban J connectivity index is 1.70. The van der Waals surface area contributed by atoms with Crippen LogP contribution in [0.25, 0.3) is 0 Å². The lowest BCUT2D eigenvalue weighted by Gasteiger charge is -2.45. The standard InChI is InChI=1S/C15H24O/c1-8(2)15(16)7-11-6-12(15)14-10-4-3-9(5-10)13(11)14/h8-14,16H,3-7H2,1-2H3. The average Bonchev–Trinajstić information content (AvgIpc) is 2.92. The molecule has 1 heteroatoms. The first-order valence-corrected chi connectivity index (χ1v) is 7.33. The van der Waals surface area contributed by atoms with Gasteiger partial charge in [-0.2, -0.15) is 0 Å². The minimum absolute atomic E-state index is 0.295. The van der Waals surface area contributed by atoms with Gasteiger partial charge in [0, 0.05) is 0 Å². The predicted octanol–water partition coefficient (Wildman–Crippen LogP) is 3.08. The minimum Gasteiger partial charge on any atom is -0.389 e. The van der Waals surface area contributed by atoms with Gasteiger partial charge in [-0.3, -0.25) is 0 Å². The van der Waals surface area contributed by atoms with Crippen LogP contribution in [0.4, 0.5) is 0 Å². The van der Waals surface area contributed by atoms with Crippen LogP contribution in [0, 0.1) is 41.4 Å². The van der Waals surface area contributed by atoms with E-state index in [1.54, 1.807) is 0 Å². The van der Waals surface area contributed by atoms with Crippen molar-refractivity contribution in [1.29, 1.82) is 0 Å². The Morgan fingerprint density at radius 2 is 1.69 bits per heavy atom. The molecule has 0 saturated heterocycles. The third-order valence-electron chi connectivity index (χ3n) is 6.84. The molecular formula is C15H24O. The smallest absolute Gasteiger partial charge is 0.0704 e. The zero-order chi connectivity index (χ0) is 11.1. The van der Waals surface area contributed by atoms with Crippen molar-refractivity contribution in [3.63, 3.8) is 0 Å². The fourth-order valence-electron chi connectivity index (χ4n) is 6.31. The van der Waals surface area contributed by atoms with Crippen molar-refractivity contribution in [2.45, 2.75) is 51.6 Å². The fraction of sp³-hybridized carbons (Fsp3) is 1.00. The van der Waals surface area contributed by atoms with Gasteiger partial charge in [0.1, 0.15) is 0 Å². The van der Waals surface area contributed by atoms with Gasteiger partial charge in [-0.05, 0) is 73.5 Å². The summed E-state index contributed by atoms with van der Waals surface area (Å²) in [6.07, 6.45) is 6.98. The highest BCUT2D eigenvalue weighted by molar-refractivity contribution is 5.16. The molecule has 7 atom stereocenters. The summed E-state index contributed by atoms with van der Waals surface area (Å²) in [5.74, 6) is 6.02. The molecule has 4 fully saturated rings. The van der Waals surface area contributed by atoms with Crippen LogP contribution < -0.4 is 0 Å². The van der Waals surface area contributed by atoms with E-state index in [1.165, 1.54) is 25.7 Å². The molecule has 0 aliphatic heterocycles. The molecular weight excluding hydrogens is 196 g/mol. The molecule has 0 aromatic carbocycles. The van der Waals surface area contributed by atoms with Gasteiger partial charge < -0.3 is 5.11 Å². The second-order valence-electron chi connectivity index (χ2n) is 7.44. The number of aliphatic hydroxyl groups is 1. The van der Waals surface area contributed by atoms with E-state index in [0.29, 0.717) is 11.8 Å². The van der Waals surface area contributed by atoms with Crippen LogP contribution in [0.3, 0.4) is 0 Å². The second-order valence-corrected chi connectivity index (χ2v) is 7.44. The minimum atomic E-state index is -0.295. The molecule has 0 radical (unpaired) electrons. The van der Waals surface area contributed by atoms with Crippen molar-refractivity contribution >= 4 is 0 Å². The maximum absolute atomic E-state index is 10.9. The van der Waals surface area contributed by atoms with E-state index in [4.69, 9.17) is 0 Å². The highest BCUT2D eigenvalue weighted by atomic mass is 16.3. The fourth-order valence-corrected chi connectivity index (χ4v) is 6.31. The zero-order valence-electron chi connectivity index (χ0n) is 10.5. The number of rotatable bonds is 1. The zero-order valence-corrected chi connectivity index (χ0v) is 10.5. The molecule has 4 aliphatic rings. The van der Waals surface area contributed by atoms with Crippen LogP contribution in [-0.2, 0) is 0 Å². The molecule has 4 aliphatic carbocycles. The monoisotopic (exact) mass is 220 g/mol. The SMILES string of the molecule is CC(C)C1(O)CC2CC1C1C3CCC(C3)C21. The average molecular weight is 220 g/mol. The van der Waals surface area contributed by atoms with Crippen molar-refractivity contribution in [1.82, 2.24) is 0 Å². The first-order valence-electron chi connectivity index (χ1n) is 7.33. The highest BCUT2D eigenvalue weighted by Gasteiger charge is 2.66. The molecule has 4 bridgehead atoms. The van der Waals surface area contributed by atoms with E-state index >= 15 is 0 Å². The summed E-state index contributed by atoms with van der Waals surface area (Å²) in [5, 5.41) is 10.9. The summed E-state index contributed by atoms with van der Waals surface area (Å²) in [6, 6.07) is 0. The maximum Gasteiger partial charge on any atom is 0.0704 e. The molecule has 16 heavy (non-hydrogen) atoms. The van der Waals surface area contributed by atoms with Crippen LogP contribution in [0.15, 0.2) is 0 Å². The maximum atomic E-state index is 10.9. The number of hydrogen-bond acceptors (Lipinski definition) is 1. The lowest BCUT2D eigenvalue weighted by Crippen LogP contribution is -2.48. The third-order valence-corrected chi connectivity index (χ3v) is 6.84. The van der Waals surface area contributed by atoms with E-state index in [2.05, 4.69) is 13.8 Å². The van der Waals surface area contributed by atoms with Crippen molar-refractivity contribution in [3.05, 3.63) is 0 Å². The molecule has 1 N–H and O–H groups in total. The number of fused-ring (bicyclic) bond motifs is 9. The van der Waals surface area contributed by atoms with Crippen LogP contribution in [-0.4, -0.2) is 10.7 Å². The van der Waals surface area contributed by atoms with Gasteiger partial charge in [0.2, 0.25) is 0 Å². The quantitative estimate of drug-likeness (QED) is 0.673. The van der Waals surface area contributed by atoms with Gasteiger partial charge in [0.05, 0.1) is 5.60 Å². The Hall–Kier alpha value is -0.0400. The molecule has 0 heterocycles. The van der Waals surface area contributed by atoms with Crippen LogP contribution >= 0.6 is 0 Å². The molecule has 0 spiro atoms. The first kappa shape index (κ1) is 9.94. The summed E-state index contributed by atoms with van der Waals surface area (Å²) < 4.78 is 0. The van der Waals surface area contributed by atoms with E-state index in [9.17, 15) is 5.11 Å². The Morgan fingerprint density at radius 1 is 1.00 bits per heavy atom. The molecule has 90 valence electrons. The predicted molar refractivity (Wildman–Crippen MR) is 63.8 cm³/mol. The van der Waals surface area contributed by atoms with Crippen LogP contribution in [0.1, 0.15) is 46.0 Å². The molecule has 1 nitrogen and oxygen atoms in total. The van der Waals surface area contributed by atoms with Crippen molar-refractivity contribution < 1.29 is 5.11 Å². The number of hydrogen-bond donors (Lipinski definition) is 1. The van der Waals surface area contributed by atoms with Gasteiger partial charge >= 0.3 is 0 Å². The summed E-state index contributed by atoms with van der Waals surface area (Å²) >= 11 is 0. The van der Waals surface area contributed by atoms with Crippen molar-refractivity contribution in [2.75, 3.05) is 0 Å². The summed E-state index contributed by atoms with van der Waals surface area (Å²) in [7, 11) is 0. The second kappa shape index (κ2) is 2.85. The lowest BCUT2D eigenvalue weighted by atomic mass is 9.63. The molecule has 0 aromatic rings. The van der Waals surface area contributed by atoms with E-state index in [0.717, 1.165) is 36.0 Å². The van der Waals surface area contributed by atoms with Gasteiger partial charge in [-0.15, -0.1) is 0 Å².